The Morgan fingerprint density at radius 3 is 2.09 bits per heavy atom. The zero-order valence-electron chi connectivity index (χ0n) is 12.9. The van der Waals surface area contributed by atoms with Gasteiger partial charge >= 0.3 is 5.97 Å². The number of carbonyl (C=O) groups excluding carboxylic acids is 3. The summed E-state index contributed by atoms with van der Waals surface area (Å²) in [6.45, 7) is 4.02. The molecule has 2 atom stereocenters. The van der Waals surface area contributed by atoms with Gasteiger partial charge in [0.05, 0.1) is 34.2 Å². The van der Waals surface area contributed by atoms with Gasteiger partial charge in [-0.2, -0.15) is 0 Å². The molecule has 0 spiro atoms. The normalized spacial score (nSPS) is 24.7. The van der Waals surface area contributed by atoms with Crippen LogP contribution in [0.4, 0.5) is 0 Å². The monoisotopic (exact) mass is 355 g/mol. The summed E-state index contributed by atoms with van der Waals surface area (Å²) in [5.74, 6) is -1.57. The van der Waals surface area contributed by atoms with Crippen molar-refractivity contribution in [1.29, 1.82) is 0 Å². The molecule has 1 aromatic carbocycles. The number of esters is 1. The lowest BCUT2D eigenvalue weighted by atomic mass is 10.1. The van der Waals surface area contributed by atoms with Crippen LogP contribution in [0.25, 0.3) is 0 Å². The van der Waals surface area contributed by atoms with E-state index in [9.17, 15) is 14.4 Å². The third-order valence-corrected chi connectivity index (χ3v) is 5.62. The summed E-state index contributed by atoms with van der Waals surface area (Å²) < 4.78 is 4.79. The predicted octanol–water partition coefficient (Wildman–Crippen LogP) is 3.03. The number of carbonyl (C=O) groups is 3. The van der Waals surface area contributed by atoms with E-state index in [1.807, 2.05) is 13.8 Å². The molecular formula is C16H15Cl2NO4. The van der Waals surface area contributed by atoms with E-state index in [1.165, 1.54) is 19.2 Å². The van der Waals surface area contributed by atoms with Crippen molar-refractivity contribution in [3.8, 4) is 0 Å². The minimum Gasteiger partial charge on any atom is -0.469 e. The molecule has 1 aromatic rings. The number of halogens is 2. The van der Waals surface area contributed by atoms with Crippen molar-refractivity contribution in [1.82, 2.24) is 4.90 Å². The lowest BCUT2D eigenvalue weighted by Gasteiger charge is -2.14. The molecule has 1 heterocycles. The number of amides is 2. The van der Waals surface area contributed by atoms with Crippen molar-refractivity contribution in [3.05, 3.63) is 33.3 Å². The summed E-state index contributed by atoms with van der Waals surface area (Å²) in [5, 5.41) is 0.459. The molecular weight excluding hydrogens is 341 g/mol. The molecule has 0 N–H and O–H groups in total. The maximum atomic E-state index is 12.5. The molecule has 0 saturated heterocycles. The molecule has 2 amide bonds. The van der Waals surface area contributed by atoms with Gasteiger partial charge in [0, 0.05) is 6.54 Å². The first kappa shape index (κ1) is 16.3. The Kier molecular flexibility index (Phi) is 3.69. The number of nitrogens with zero attached hydrogens (tertiary/aromatic N) is 1. The quantitative estimate of drug-likeness (QED) is 0.617. The number of methoxy groups -OCH3 is 1. The van der Waals surface area contributed by atoms with Crippen LogP contribution in [0.3, 0.4) is 0 Å². The topological polar surface area (TPSA) is 63.7 Å². The lowest BCUT2D eigenvalue weighted by Crippen LogP contribution is -2.32. The number of hydrogen-bond acceptors (Lipinski definition) is 4. The maximum absolute atomic E-state index is 12.5. The zero-order chi connectivity index (χ0) is 17.1. The van der Waals surface area contributed by atoms with Gasteiger partial charge in [0.1, 0.15) is 0 Å². The van der Waals surface area contributed by atoms with Gasteiger partial charge in [0.2, 0.25) is 0 Å². The maximum Gasteiger partial charge on any atom is 0.309 e. The minimum atomic E-state index is -0.408. The van der Waals surface area contributed by atoms with Crippen LogP contribution in [0, 0.1) is 17.3 Å². The van der Waals surface area contributed by atoms with E-state index in [1.54, 1.807) is 0 Å². The highest BCUT2D eigenvalue weighted by Gasteiger charge is 2.63. The molecule has 1 aliphatic carbocycles. The van der Waals surface area contributed by atoms with Crippen LogP contribution in [0.5, 0.6) is 0 Å². The number of hydrogen-bond donors (Lipinski definition) is 0. The van der Waals surface area contributed by atoms with Gasteiger partial charge in [-0.1, -0.05) is 37.0 Å². The third-order valence-electron chi connectivity index (χ3n) is 4.90. The van der Waals surface area contributed by atoms with E-state index in [4.69, 9.17) is 27.9 Å². The summed E-state index contributed by atoms with van der Waals surface area (Å²) in [5.41, 5.74) is 0.188. The summed E-state index contributed by atoms with van der Waals surface area (Å²) in [4.78, 5) is 37.9. The second-order valence-electron chi connectivity index (χ2n) is 6.46. The summed E-state index contributed by atoms with van der Waals surface area (Å²) in [7, 11) is 1.33. The molecule has 0 bridgehead atoms. The fourth-order valence-electron chi connectivity index (χ4n) is 3.33. The highest BCUT2D eigenvalue weighted by Crippen LogP contribution is 2.59. The summed E-state index contributed by atoms with van der Waals surface area (Å²) in [6, 6.07) is 2.82. The van der Waals surface area contributed by atoms with E-state index in [0.29, 0.717) is 0 Å². The van der Waals surface area contributed by atoms with Crippen LogP contribution < -0.4 is 0 Å². The fourth-order valence-corrected chi connectivity index (χ4v) is 3.65. The van der Waals surface area contributed by atoms with E-state index in [-0.39, 0.29) is 50.9 Å². The Labute approximate surface area is 143 Å². The van der Waals surface area contributed by atoms with Crippen molar-refractivity contribution in [2.24, 2.45) is 17.3 Å². The Morgan fingerprint density at radius 2 is 1.65 bits per heavy atom. The van der Waals surface area contributed by atoms with Gasteiger partial charge in [-0.25, -0.2) is 0 Å². The third kappa shape index (κ3) is 2.34. The number of benzene rings is 1. The van der Waals surface area contributed by atoms with Crippen molar-refractivity contribution >= 4 is 41.0 Å². The van der Waals surface area contributed by atoms with Crippen LogP contribution >= 0.6 is 23.2 Å². The van der Waals surface area contributed by atoms with Gasteiger partial charge in [-0.05, 0) is 23.5 Å². The predicted molar refractivity (Wildman–Crippen MR) is 84.6 cm³/mol. The number of imide groups is 1. The molecule has 7 heteroatoms. The first-order valence-corrected chi connectivity index (χ1v) is 7.88. The molecule has 3 rings (SSSR count). The SMILES string of the molecule is COC(=O)C1C(CN2C(=O)c3cc(Cl)c(Cl)cc3C2=O)C1(C)C. The van der Waals surface area contributed by atoms with E-state index in [2.05, 4.69) is 0 Å². The smallest absolute Gasteiger partial charge is 0.309 e. The molecule has 2 unspecified atom stereocenters. The lowest BCUT2D eigenvalue weighted by molar-refractivity contribution is -0.143. The van der Waals surface area contributed by atoms with E-state index in [0.717, 1.165) is 4.90 Å². The van der Waals surface area contributed by atoms with Crippen molar-refractivity contribution in [2.45, 2.75) is 13.8 Å². The molecule has 0 aromatic heterocycles. The van der Waals surface area contributed by atoms with Gasteiger partial charge in [-0.3, -0.25) is 19.3 Å². The van der Waals surface area contributed by atoms with Crippen LogP contribution in [0.2, 0.25) is 10.0 Å². The second-order valence-corrected chi connectivity index (χ2v) is 7.28. The number of ether oxygens (including phenoxy) is 1. The Balaban J connectivity index is 1.85. The molecule has 122 valence electrons. The van der Waals surface area contributed by atoms with Crippen LogP contribution in [0.15, 0.2) is 12.1 Å². The van der Waals surface area contributed by atoms with Gasteiger partial charge in [0.25, 0.3) is 11.8 Å². The number of fused-ring (bicyclic) bond motifs is 1. The van der Waals surface area contributed by atoms with Gasteiger partial charge in [0.15, 0.2) is 0 Å². The van der Waals surface area contributed by atoms with E-state index >= 15 is 0 Å². The molecule has 23 heavy (non-hydrogen) atoms. The largest absolute Gasteiger partial charge is 0.469 e. The van der Waals surface area contributed by atoms with E-state index < -0.39 is 11.8 Å². The first-order valence-electron chi connectivity index (χ1n) is 7.13. The van der Waals surface area contributed by atoms with Gasteiger partial charge < -0.3 is 4.74 Å². The van der Waals surface area contributed by atoms with Crippen molar-refractivity contribution in [3.63, 3.8) is 0 Å². The average Bonchev–Trinajstić information content (AvgIpc) is 2.97. The first-order chi connectivity index (χ1) is 10.7. The second kappa shape index (κ2) is 5.21. The highest BCUT2D eigenvalue weighted by atomic mass is 35.5. The molecule has 1 fully saturated rings. The molecule has 2 aliphatic rings. The van der Waals surface area contributed by atoms with Crippen LogP contribution in [-0.4, -0.2) is 36.3 Å². The van der Waals surface area contributed by atoms with Crippen molar-refractivity contribution < 1.29 is 19.1 Å². The van der Waals surface area contributed by atoms with Gasteiger partial charge in [-0.15, -0.1) is 0 Å². The molecule has 0 radical (unpaired) electrons. The Morgan fingerprint density at radius 1 is 1.17 bits per heavy atom. The highest BCUT2D eigenvalue weighted by molar-refractivity contribution is 6.43. The average molecular weight is 356 g/mol. The fraction of sp³-hybridized carbons (Fsp3) is 0.438. The molecule has 1 aliphatic heterocycles. The molecule has 1 saturated carbocycles. The summed E-state index contributed by atoms with van der Waals surface area (Å²) >= 11 is 11.8. The Bertz CT molecular complexity index is 703. The number of rotatable bonds is 3. The van der Waals surface area contributed by atoms with Crippen molar-refractivity contribution in [2.75, 3.05) is 13.7 Å². The van der Waals surface area contributed by atoms with Crippen LogP contribution in [0.1, 0.15) is 34.6 Å². The standard InChI is InChI=1S/C16H15Cl2NO4/c1-16(2)9(12(16)15(22)23-3)6-19-13(20)7-4-10(17)11(18)5-8(7)14(19)21/h4-5,9,12H,6H2,1-3H3. The Hall–Kier alpha value is -1.59. The zero-order valence-corrected chi connectivity index (χ0v) is 14.4. The molecule has 5 nitrogen and oxygen atoms in total. The summed E-state index contributed by atoms with van der Waals surface area (Å²) in [6.07, 6.45) is 0. The van der Waals surface area contributed by atoms with Crippen LogP contribution in [-0.2, 0) is 9.53 Å². The minimum absolute atomic E-state index is 0.122.